The number of aromatic hydroxyl groups is 1. The standard InChI is InChI=1S/C11H14O4/c1-7-4-9(8(2)12)10(13)5-11(7)15-6-14-3/h4-5,13H,6H2,1-3H3. The molecule has 1 N–H and O–H groups in total. The first kappa shape index (κ1) is 11.5. The first-order valence-electron chi connectivity index (χ1n) is 4.52. The molecule has 0 aliphatic carbocycles. The van der Waals surface area contributed by atoms with E-state index in [4.69, 9.17) is 9.47 Å². The molecule has 4 nitrogen and oxygen atoms in total. The number of rotatable bonds is 4. The minimum Gasteiger partial charge on any atom is -0.507 e. The van der Waals surface area contributed by atoms with E-state index >= 15 is 0 Å². The number of benzene rings is 1. The molecule has 15 heavy (non-hydrogen) atoms. The van der Waals surface area contributed by atoms with E-state index in [-0.39, 0.29) is 18.3 Å². The van der Waals surface area contributed by atoms with Gasteiger partial charge in [0.15, 0.2) is 12.6 Å². The number of phenolic OH excluding ortho intramolecular Hbond substituents is 1. The Labute approximate surface area is 88.4 Å². The molecular weight excluding hydrogens is 196 g/mol. The molecule has 4 heteroatoms. The summed E-state index contributed by atoms with van der Waals surface area (Å²) in [6.45, 7) is 3.32. The van der Waals surface area contributed by atoms with Crippen LogP contribution >= 0.6 is 0 Å². The van der Waals surface area contributed by atoms with Crippen molar-refractivity contribution in [1.82, 2.24) is 0 Å². The summed E-state index contributed by atoms with van der Waals surface area (Å²) in [6, 6.07) is 3.02. The van der Waals surface area contributed by atoms with Crippen LogP contribution in [0.2, 0.25) is 0 Å². The second-order valence-electron chi connectivity index (χ2n) is 3.24. The van der Waals surface area contributed by atoms with Crippen molar-refractivity contribution in [2.24, 2.45) is 0 Å². The average molecular weight is 210 g/mol. The van der Waals surface area contributed by atoms with E-state index < -0.39 is 0 Å². The molecule has 82 valence electrons. The normalized spacial score (nSPS) is 10.1. The van der Waals surface area contributed by atoms with Crippen LogP contribution in [0.25, 0.3) is 0 Å². The number of aryl methyl sites for hydroxylation is 1. The van der Waals surface area contributed by atoms with Gasteiger partial charge in [0, 0.05) is 13.2 Å². The number of phenols is 1. The second-order valence-corrected chi connectivity index (χ2v) is 3.24. The summed E-state index contributed by atoms with van der Waals surface area (Å²) in [5.74, 6) is 0.271. The molecule has 0 fully saturated rings. The number of hydrogen-bond donors (Lipinski definition) is 1. The number of hydrogen-bond acceptors (Lipinski definition) is 4. The maximum Gasteiger partial charge on any atom is 0.188 e. The molecular formula is C11H14O4. The van der Waals surface area contributed by atoms with E-state index in [0.29, 0.717) is 11.3 Å². The van der Waals surface area contributed by atoms with Gasteiger partial charge in [-0.15, -0.1) is 0 Å². The summed E-state index contributed by atoms with van der Waals surface area (Å²) in [5.41, 5.74) is 1.09. The van der Waals surface area contributed by atoms with E-state index in [1.54, 1.807) is 13.0 Å². The predicted octanol–water partition coefficient (Wildman–Crippen LogP) is 1.89. The van der Waals surface area contributed by atoms with Crippen LogP contribution in [0.4, 0.5) is 0 Å². The molecule has 0 heterocycles. The molecule has 0 unspecified atom stereocenters. The second kappa shape index (κ2) is 4.79. The van der Waals surface area contributed by atoms with Gasteiger partial charge in [0.05, 0.1) is 5.56 Å². The van der Waals surface area contributed by atoms with Crippen LogP contribution in [0.1, 0.15) is 22.8 Å². The summed E-state index contributed by atoms with van der Waals surface area (Å²) in [4.78, 5) is 11.1. The third-order valence-electron chi connectivity index (χ3n) is 2.00. The van der Waals surface area contributed by atoms with Crippen molar-refractivity contribution >= 4 is 5.78 Å². The first-order valence-corrected chi connectivity index (χ1v) is 4.52. The quantitative estimate of drug-likeness (QED) is 0.609. The van der Waals surface area contributed by atoms with E-state index in [9.17, 15) is 9.90 Å². The molecule has 0 saturated heterocycles. The van der Waals surface area contributed by atoms with Crippen LogP contribution in [0.5, 0.6) is 11.5 Å². The lowest BCUT2D eigenvalue weighted by Crippen LogP contribution is -2.02. The van der Waals surface area contributed by atoms with Gasteiger partial charge in [-0.1, -0.05) is 0 Å². The Morgan fingerprint density at radius 3 is 2.67 bits per heavy atom. The van der Waals surface area contributed by atoms with E-state index in [1.807, 2.05) is 0 Å². The minimum atomic E-state index is -0.172. The maximum atomic E-state index is 11.1. The molecule has 0 aromatic heterocycles. The predicted molar refractivity (Wildman–Crippen MR) is 55.4 cm³/mol. The van der Waals surface area contributed by atoms with Crippen molar-refractivity contribution in [3.05, 3.63) is 23.3 Å². The van der Waals surface area contributed by atoms with Crippen molar-refractivity contribution in [2.75, 3.05) is 13.9 Å². The van der Waals surface area contributed by atoms with Gasteiger partial charge >= 0.3 is 0 Å². The van der Waals surface area contributed by atoms with Crippen LogP contribution in [-0.2, 0) is 4.74 Å². The molecule has 0 saturated carbocycles. The zero-order valence-electron chi connectivity index (χ0n) is 9.03. The van der Waals surface area contributed by atoms with Crippen molar-refractivity contribution in [2.45, 2.75) is 13.8 Å². The van der Waals surface area contributed by atoms with Crippen LogP contribution in [0.3, 0.4) is 0 Å². The number of carbonyl (C=O) groups is 1. The maximum absolute atomic E-state index is 11.1. The molecule has 0 atom stereocenters. The number of methoxy groups -OCH3 is 1. The number of Topliss-reactive ketones (excluding diaryl/α,β-unsaturated/α-hetero) is 1. The Balaban J connectivity index is 3.02. The highest BCUT2D eigenvalue weighted by atomic mass is 16.7. The summed E-state index contributed by atoms with van der Waals surface area (Å²) < 4.78 is 9.96. The Kier molecular flexibility index (Phi) is 3.68. The lowest BCUT2D eigenvalue weighted by molar-refractivity contribution is 0.0505. The van der Waals surface area contributed by atoms with Gasteiger partial charge < -0.3 is 14.6 Å². The van der Waals surface area contributed by atoms with Gasteiger partial charge in [-0.3, -0.25) is 4.79 Å². The van der Waals surface area contributed by atoms with Crippen molar-refractivity contribution in [1.29, 1.82) is 0 Å². The van der Waals surface area contributed by atoms with Gasteiger partial charge in [0.25, 0.3) is 0 Å². The SMILES string of the molecule is COCOc1cc(O)c(C(C)=O)cc1C. The van der Waals surface area contributed by atoms with Crippen molar-refractivity contribution in [3.63, 3.8) is 0 Å². The molecule has 0 spiro atoms. The van der Waals surface area contributed by atoms with Crippen LogP contribution in [0, 0.1) is 6.92 Å². The van der Waals surface area contributed by atoms with E-state index in [2.05, 4.69) is 0 Å². The molecule has 0 radical (unpaired) electrons. The lowest BCUT2D eigenvalue weighted by atomic mass is 10.1. The third-order valence-corrected chi connectivity index (χ3v) is 2.00. The zero-order valence-corrected chi connectivity index (χ0v) is 9.03. The van der Waals surface area contributed by atoms with Crippen molar-refractivity contribution < 1.29 is 19.4 Å². The molecule has 0 bridgehead atoms. The van der Waals surface area contributed by atoms with Crippen LogP contribution in [-0.4, -0.2) is 24.8 Å². The molecule has 1 aromatic carbocycles. The van der Waals surface area contributed by atoms with Crippen LogP contribution in [0.15, 0.2) is 12.1 Å². The Bertz CT molecular complexity index is 371. The zero-order chi connectivity index (χ0) is 11.4. The van der Waals surface area contributed by atoms with Crippen molar-refractivity contribution in [3.8, 4) is 11.5 Å². The fourth-order valence-corrected chi connectivity index (χ4v) is 1.24. The Morgan fingerprint density at radius 1 is 1.47 bits per heavy atom. The molecule has 0 aliphatic rings. The molecule has 1 rings (SSSR count). The van der Waals surface area contributed by atoms with Gasteiger partial charge in [0.2, 0.25) is 0 Å². The summed E-state index contributed by atoms with van der Waals surface area (Å²) >= 11 is 0. The monoisotopic (exact) mass is 210 g/mol. The summed E-state index contributed by atoms with van der Waals surface area (Å²) in [7, 11) is 1.51. The van der Waals surface area contributed by atoms with Gasteiger partial charge in [-0.25, -0.2) is 0 Å². The first-order chi connectivity index (χ1) is 7.06. The Hall–Kier alpha value is -1.55. The van der Waals surface area contributed by atoms with E-state index in [1.165, 1.54) is 20.1 Å². The highest BCUT2D eigenvalue weighted by molar-refractivity contribution is 5.97. The topological polar surface area (TPSA) is 55.8 Å². The van der Waals surface area contributed by atoms with Gasteiger partial charge in [-0.05, 0) is 25.5 Å². The fraction of sp³-hybridized carbons (Fsp3) is 0.364. The van der Waals surface area contributed by atoms with Gasteiger partial charge in [0.1, 0.15) is 11.5 Å². The molecule has 1 aromatic rings. The molecule has 0 aliphatic heterocycles. The highest BCUT2D eigenvalue weighted by Gasteiger charge is 2.10. The van der Waals surface area contributed by atoms with E-state index in [0.717, 1.165) is 5.56 Å². The third kappa shape index (κ3) is 2.70. The summed E-state index contributed by atoms with van der Waals surface area (Å²) in [6.07, 6.45) is 0. The number of carbonyl (C=O) groups excluding carboxylic acids is 1. The average Bonchev–Trinajstić information content (AvgIpc) is 2.18. The minimum absolute atomic E-state index is 0.0702. The van der Waals surface area contributed by atoms with Gasteiger partial charge in [-0.2, -0.15) is 0 Å². The molecule has 0 amide bonds. The Morgan fingerprint density at radius 2 is 2.13 bits per heavy atom. The smallest absolute Gasteiger partial charge is 0.188 e. The summed E-state index contributed by atoms with van der Waals surface area (Å²) in [5, 5.41) is 9.54. The number of ether oxygens (including phenoxy) is 2. The van der Waals surface area contributed by atoms with Crippen LogP contribution < -0.4 is 4.74 Å². The fourth-order valence-electron chi connectivity index (χ4n) is 1.24. The highest BCUT2D eigenvalue weighted by Crippen LogP contribution is 2.28. The number of ketones is 1. The lowest BCUT2D eigenvalue weighted by Gasteiger charge is -2.10. The largest absolute Gasteiger partial charge is 0.507 e.